The van der Waals surface area contributed by atoms with Crippen LogP contribution in [-0.4, -0.2) is 50.6 Å². The molecule has 2 fully saturated rings. The smallest absolute Gasteiger partial charge is 0.408 e. The van der Waals surface area contributed by atoms with Gasteiger partial charge in [-0.1, -0.05) is 60.7 Å². The minimum Gasteiger partial charge on any atom is -0.465 e. The number of benzene rings is 2. The summed E-state index contributed by atoms with van der Waals surface area (Å²) in [6.07, 6.45) is 1.44. The Balaban J connectivity index is 1.72. The van der Waals surface area contributed by atoms with E-state index in [4.69, 9.17) is 0 Å². The predicted octanol–water partition coefficient (Wildman–Crippen LogP) is 3.21. The van der Waals surface area contributed by atoms with Crippen molar-refractivity contribution in [2.24, 2.45) is 0 Å². The molecule has 0 aliphatic carbocycles. The van der Waals surface area contributed by atoms with E-state index in [1.54, 1.807) is 4.90 Å². The molecule has 0 radical (unpaired) electrons. The number of hydrogen-bond donors (Lipinski definition) is 2. The zero-order chi connectivity index (χ0) is 20.4. The van der Waals surface area contributed by atoms with Gasteiger partial charge in [0.25, 0.3) is 0 Å². The number of nitrogens with zero attached hydrogens (tertiary/aromatic N) is 2. The van der Waals surface area contributed by atoms with Crippen molar-refractivity contribution >= 4 is 12.0 Å². The van der Waals surface area contributed by atoms with Crippen LogP contribution >= 0.6 is 0 Å². The first-order valence-electron chi connectivity index (χ1n) is 10.1. The van der Waals surface area contributed by atoms with Crippen LogP contribution in [0.4, 0.5) is 4.79 Å². The number of piperidine rings is 2. The van der Waals surface area contributed by atoms with Crippen LogP contribution in [0.15, 0.2) is 60.7 Å². The van der Waals surface area contributed by atoms with E-state index in [1.165, 1.54) is 4.90 Å². The van der Waals surface area contributed by atoms with E-state index >= 15 is 0 Å². The molecule has 6 heteroatoms. The Morgan fingerprint density at radius 1 is 1.07 bits per heavy atom. The molecule has 2 N–H and O–H groups in total. The number of aliphatic hydroxyl groups is 1. The topological polar surface area (TPSA) is 81.1 Å². The number of carbonyl (C=O) groups excluding carboxylic acids is 1. The van der Waals surface area contributed by atoms with Crippen LogP contribution in [0.1, 0.15) is 36.8 Å². The molecule has 0 bridgehead atoms. The number of rotatable bonds is 4. The average Bonchev–Trinajstić information content (AvgIpc) is 2.76. The highest BCUT2D eigenvalue weighted by Crippen LogP contribution is 2.43. The number of carbonyl (C=O) groups is 2. The van der Waals surface area contributed by atoms with E-state index in [2.05, 4.69) is 0 Å². The van der Waals surface area contributed by atoms with Gasteiger partial charge in [0.05, 0.1) is 6.04 Å². The second-order valence-electron chi connectivity index (χ2n) is 7.95. The summed E-state index contributed by atoms with van der Waals surface area (Å²) >= 11 is 0. The van der Waals surface area contributed by atoms with E-state index in [1.807, 2.05) is 60.7 Å². The van der Waals surface area contributed by atoms with E-state index in [9.17, 15) is 19.8 Å². The molecule has 2 heterocycles. The maximum atomic E-state index is 13.3. The Morgan fingerprint density at radius 2 is 1.72 bits per heavy atom. The summed E-state index contributed by atoms with van der Waals surface area (Å²) in [5, 5.41) is 21.7. The van der Waals surface area contributed by atoms with Gasteiger partial charge >= 0.3 is 6.09 Å². The fourth-order valence-corrected chi connectivity index (χ4v) is 4.77. The van der Waals surface area contributed by atoms with Gasteiger partial charge in [0.1, 0.15) is 11.6 Å². The minimum atomic E-state index is -1.27. The first-order valence-corrected chi connectivity index (χ1v) is 10.1. The van der Waals surface area contributed by atoms with Gasteiger partial charge in [-0.15, -0.1) is 0 Å². The molecule has 2 aliphatic rings. The summed E-state index contributed by atoms with van der Waals surface area (Å²) in [5.74, 6) is -0.200. The van der Waals surface area contributed by atoms with E-state index in [0.717, 1.165) is 30.4 Å². The third-order valence-electron chi connectivity index (χ3n) is 6.22. The molecule has 0 saturated carbocycles. The van der Waals surface area contributed by atoms with Crippen molar-refractivity contribution in [2.75, 3.05) is 6.54 Å². The van der Waals surface area contributed by atoms with Crippen LogP contribution in [0.2, 0.25) is 0 Å². The largest absolute Gasteiger partial charge is 0.465 e. The first-order chi connectivity index (χ1) is 14.0. The standard InChI is InChI=1S/C23H26N2O4/c26-21-19(25(22(27)28)16-17-9-3-1-4-10-17)15-23(29,18-11-5-2-6-12-18)20-13-7-8-14-24(20)21/h1-6,9-12,19-20,29H,7-8,13-16H2,(H,27,28). The van der Waals surface area contributed by atoms with Crippen LogP contribution in [0, 0.1) is 0 Å². The Hall–Kier alpha value is -2.86. The monoisotopic (exact) mass is 394 g/mol. The Kier molecular flexibility index (Phi) is 5.28. The fraction of sp³-hybridized carbons (Fsp3) is 0.391. The van der Waals surface area contributed by atoms with Crippen molar-refractivity contribution < 1.29 is 19.8 Å². The summed E-state index contributed by atoms with van der Waals surface area (Å²) in [7, 11) is 0. The van der Waals surface area contributed by atoms with Gasteiger partial charge < -0.3 is 15.1 Å². The minimum absolute atomic E-state index is 0.0656. The van der Waals surface area contributed by atoms with Crippen molar-refractivity contribution in [3.8, 4) is 0 Å². The molecular formula is C23H26N2O4. The molecule has 29 heavy (non-hydrogen) atoms. The lowest BCUT2D eigenvalue weighted by Crippen LogP contribution is -2.66. The second-order valence-corrected chi connectivity index (χ2v) is 7.95. The third kappa shape index (κ3) is 3.60. The van der Waals surface area contributed by atoms with Crippen LogP contribution in [0.3, 0.4) is 0 Å². The highest BCUT2D eigenvalue weighted by molar-refractivity contribution is 5.87. The predicted molar refractivity (Wildman–Crippen MR) is 108 cm³/mol. The molecule has 6 nitrogen and oxygen atoms in total. The number of hydrogen-bond acceptors (Lipinski definition) is 3. The quantitative estimate of drug-likeness (QED) is 0.834. The van der Waals surface area contributed by atoms with Gasteiger partial charge in [-0.3, -0.25) is 9.69 Å². The number of amides is 2. The summed E-state index contributed by atoms with van der Waals surface area (Å²) in [6, 6.07) is 17.3. The Morgan fingerprint density at radius 3 is 2.38 bits per heavy atom. The van der Waals surface area contributed by atoms with Crippen LogP contribution in [0.5, 0.6) is 0 Å². The summed E-state index contributed by atoms with van der Waals surface area (Å²) in [5.41, 5.74) is 0.274. The molecule has 0 aromatic heterocycles. The molecular weight excluding hydrogens is 368 g/mol. The second kappa shape index (κ2) is 7.87. The van der Waals surface area contributed by atoms with Crippen molar-refractivity contribution in [3.05, 3.63) is 71.8 Å². The molecule has 3 atom stereocenters. The summed E-state index contributed by atoms with van der Waals surface area (Å²) in [6.45, 7) is 0.657. The zero-order valence-corrected chi connectivity index (χ0v) is 16.3. The van der Waals surface area contributed by atoms with Gasteiger partial charge in [-0.25, -0.2) is 4.79 Å². The van der Waals surface area contributed by atoms with E-state index < -0.39 is 17.7 Å². The van der Waals surface area contributed by atoms with E-state index in [-0.39, 0.29) is 24.9 Å². The lowest BCUT2D eigenvalue weighted by molar-refractivity contribution is -0.168. The maximum absolute atomic E-state index is 13.3. The molecule has 3 unspecified atom stereocenters. The molecule has 2 aliphatic heterocycles. The molecule has 4 rings (SSSR count). The molecule has 2 amide bonds. The van der Waals surface area contributed by atoms with Gasteiger partial charge in [0, 0.05) is 19.5 Å². The van der Waals surface area contributed by atoms with E-state index in [0.29, 0.717) is 6.54 Å². The molecule has 152 valence electrons. The SMILES string of the molecule is O=C(O)N(Cc1ccccc1)C1CC(O)(c2ccccc2)C2CCCCN2C1=O. The average molecular weight is 394 g/mol. The lowest BCUT2D eigenvalue weighted by atomic mass is 9.73. The summed E-state index contributed by atoms with van der Waals surface area (Å²) in [4.78, 5) is 28.3. The number of carboxylic acid groups (broad SMARTS) is 1. The van der Waals surface area contributed by atoms with Crippen LogP contribution < -0.4 is 0 Å². The number of fused-ring (bicyclic) bond motifs is 1. The zero-order valence-electron chi connectivity index (χ0n) is 16.3. The fourth-order valence-electron chi connectivity index (χ4n) is 4.77. The molecule has 2 aromatic carbocycles. The Labute approximate surface area is 170 Å². The summed E-state index contributed by atoms with van der Waals surface area (Å²) < 4.78 is 0. The van der Waals surface area contributed by atoms with Gasteiger partial charge in [-0.2, -0.15) is 0 Å². The molecule has 2 saturated heterocycles. The molecule has 2 aromatic rings. The molecule has 0 spiro atoms. The normalized spacial score (nSPS) is 26.7. The lowest BCUT2D eigenvalue weighted by Gasteiger charge is -2.53. The van der Waals surface area contributed by atoms with Crippen molar-refractivity contribution in [3.63, 3.8) is 0 Å². The first kappa shape index (κ1) is 19.5. The highest BCUT2D eigenvalue weighted by Gasteiger charge is 2.54. The van der Waals surface area contributed by atoms with Crippen LogP contribution in [-0.2, 0) is 16.9 Å². The Bertz CT molecular complexity index is 873. The van der Waals surface area contributed by atoms with Gasteiger partial charge in [-0.05, 0) is 30.4 Å². The highest BCUT2D eigenvalue weighted by atomic mass is 16.4. The van der Waals surface area contributed by atoms with Crippen molar-refractivity contribution in [1.82, 2.24) is 9.80 Å². The third-order valence-corrected chi connectivity index (χ3v) is 6.22. The maximum Gasteiger partial charge on any atom is 0.408 e. The van der Waals surface area contributed by atoms with Crippen LogP contribution in [0.25, 0.3) is 0 Å². The van der Waals surface area contributed by atoms with Gasteiger partial charge in [0.2, 0.25) is 5.91 Å². The van der Waals surface area contributed by atoms with Crippen molar-refractivity contribution in [2.45, 2.75) is 49.9 Å². The van der Waals surface area contributed by atoms with Crippen molar-refractivity contribution in [1.29, 1.82) is 0 Å². The van der Waals surface area contributed by atoms with Gasteiger partial charge in [0.15, 0.2) is 0 Å².